The molecule has 0 spiro atoms. The Balaban J connectivity index is 2.18. The molecule has 2 aromatic rings. The molecule has 1 amide bonds. The molecule has 1 atom stereocenters. The van der Waals surface area contributed by atoms with Crippen molar-refractivity contribution in [1.29, 1.82) is 0 Å². The highest BCUT2D eigenvalue weighted by atomic mass is 32.1. The van der Waals surface area contributed by atoms with Crippen LogP contribution in [0.3, 0.4) is 0 Å². The van der Waals surface area contributed by atoms with Crippen LogP contribution < -0.4 is 5.32 Å². The van der Waals surface area contributed by atoms with E-state index in [4.69, 9.17) is 10.2 Å². The maximum atomic E-state index is 12.2. The second-order valence-corrected chi connectivity index (χ2v) is 6.10. The van der Waals surface area contributed by atoms with Gasteiger partial charge in [-0.3, -0.25) is 4.79 Å². The van der Waals surface area contributed by atoms with Crippen LogP contribution in [0.5, 0.6) is 0 Å². The predicted octanol–water partition coefficient (Wildman–Crippen LogP) is 1.75. The van der Waals surface area contributed by atoms with E-state index in [0.717, 1.165) is 10.6 Å². The number of hydrogen-bond donors (Lipinski definition) is 3. The highest BCUT2D eigenvalue weighted by molar-refractivity contribution is 7.17. The zero-order chi connectivity index (χ0) is 15.4. The second-order valence-electron chi connectivity index (χ2n) is 4.32. The van der Waals surface area contributed by atoms with Crippen LogP contribution in [0.4, 0.5) is 0 Å². The van der Waals surface area contributed by atoms with Crippen molar-refractivity contribution in [3.05, 3.63) is 27.4 Å². The zero-order valence-corrected chi connectivity index (χ0v) is 12.8. The van der Waals surface area contributed by atoms with Crippen molar-refractivity contribution in [3.8, 4) is 10.6 Å². The number of rotatable bonds is 6. The Kier molecular flexibility index (Phi) is 5.05. The van der Waals surface area contributed by atoms with E-state index in [1.54, 1.807) is 6.92 Å². The molecule has 8 heteroatoms. The summed E-state index contributed by atoms with van der Waals surface area (Å²) in [5, 5.41) is 24.8. The van der Waals surface area contributed by atoms with Crippen molar-refractivity contribution in [2.45, 2.75) is 19.4 Å². The number of thiazole rings is 1. The van der Waals surface area contributed by atoms with Gasteiger partial charge in [-0.1, -0.05) is 0 Å². The highest BCUT2D eigenvalue weighted by Crippen LogP contribution is 2.29. The molecule has 21 heavy (non-hydrogen) atoms. The molecule has 0 aliphatic rings. The molecule has 2 rings (SSSR count). The highest BCUT2D eigenvalue weighted by Gasteiger charge is 2.23. The number of amides is 1. The van der Waals surface area contributed by atoms with Crippen molar-refractivity contribution in [1.82, 2.24) is 10.3 Å². The summed E-state index contributed by atoms with van der Waals surface area (Å²) >= 11 is 2.76. The van der Waals surface area contributed by atoms with Crippen LogP contribution in [0.2, 0.25) is 0 Å². The number of thiophene rings is 1. The van der Waals surface area contributed by atoms with E-state index in [9.17, 15) is 9.59 Å². The fourth-order valence-corrected chi connectivity index (χ4v) is 3.41. The minimum atomic E-state index is -1.17. The first-order chi connectivity index (χ1) is 10.0. The lowest BCUT2D eigenvalue weighted by molar-refractivity contribution is -0.139. The molecular weight excluding hydrogens is 312 g/mol. The van der Waals surface area contributed by atoms with Gasteiger partial charge >= 0.3 is 5.97 Å². The number of carbonyl (C=O) groups is 2. The van der Waals surface area contributed by atoms with Crippen LogP contribution >= 0.6 is 22.7 Å². The maximum absolute atomic E-state index is 12.2. The van der Waals surface area contributed by atoms with Crippen LogP contribution in [0, 0.1) is 6.92 Å². The Hall–Kier alpha value is -1.77. The Bertz CT molecular complexity index is 637. The molecule has 3 N–H and O–H groups in total. The maximum Gasteiger partial charge on any atom is 0.326 e. The quantitative estimate of drug-likeness (QED) is 0.751. The van der Waals surface area contributed by atoms with Crippen LogP contribution in [0.1, 0.15) is 21.8 Å². The summed E-state index contributed by atoms with van der Waals surface area (Å²) in [6.07, 6.45) is -0.0314. The SMILES string of the molecule is Cc1nc(-c2ccsc2)sc1C(=O)NC(CCO)C(=O)O. The van der Waals surface area contributed by atoms with Gasteiger partial charge in [0, 0.05) is 24.0 Å². The average molecular weight is 326 g/mol. The van der Waals surface area contributed by atoms with Gasteiger partial charge in [0.2, 0.25) is 0 Å². The number of carbonyl (C=O) groups excluding carboxylic acids is 1. The van der Waals surface area contributed by atoms with E-state index in [2.05, 4.69) is 10.3 Å². The number of carboxylic acid groups (broad SMARTS) is 1. The van der Waals surface area contributed by atoms with E-state index < -0.39 is 17.9 Å². The molecule has 0 saturated heterocycles. The molecule has 0 aliphatic carbocycles. The van der Waals surface area contributed by atoms with E-state index in [-0.39, 0.29) is 13.0 Å². The van der Waals surface area contributed by atoms with Crippen molar-refractivity contribution in [3.63, 3.8) is 0 Å². The molecule has 1 unspecified atom stereocenters. The number of aliphatic hydroxyl groups is 1. The summed E-state index contributed by atoms with van der Waals surface area (Å²) < 4.78 is 0. The standard InChI is InChI=1S/C13H14N2O4S2/c1-7-10(11(17)15-9(2-4-16)13(18)19)21-12(14-7)8-3-5-20-6-8/h3,5-6,9,16H,2,4H2,1H3,(H,15,17)(H,18,19). The summed E-state index contributed by atoms with van der Waals surface area (Å²) in [5.41, 5.74) is 1.50. The average Bonchev–Trinajstić information content (AvgIpc) is 3.06. The van der Waals surface area contributed by atoms with Gasteiger partial charge in [-0.05, 0) is 18.4 Å². The van der Waals surface area contributed by atoms with Gasteiger partial charge in [-0.15, -0.1) is 11.3 Å². The van der Waals surface area contributed by atoms with Gasteiger partial charge < -0.3 is 15.5 Å². The number of hydrogen-bond acceptors (Lipinski definition) is 6. The fraction of sp³-hybridized carbons (Fsp3) is 0.308. The van der Waals surface area contributed by atoms with E-state index >= 15 is 0 Å². The first kappa shape index (κ1) is 15.6. The Morgan fingerprint density at radius 3 is 2.81 bits per heavy atom. The number of aliphatic carboxylic acids is 1. The molecule has 2 heterocycles. The lowest BCUT2D eigenvalue weighted by Gasteiger charge is -2.12. The van der Waals surface area contributed by atoms with Crippen LogP contribution in [-0.2, 0) is 4.79 Å². The lowest BCUT2D eigenvalue weighted by atomic mass is 10.2. The van der Waals surface area contributed by atoms with Crippen molar-refractivity contribution in [2.24, 2.45) is 0 Å². The van der Waals surface area contributed by atoms with Crippen LogP contribution in [0.25, 0.3) is 10.6 Å². The Labute approximate surface area is 129 Å². The first-order valence-corrected chi connectivity index (χ1v) is 7.93. The summed E-state index contributed by atoms with van der Waals surface area (Å²) in [7, 11) is 0. The second kappa shape index (κ2) is 6.79. The number of aromatic nitrogens is 1. The van der Waals surface area contributed by atoms with Gasteiger partial charge in [-0.25, -0.2) is 9.78 Å². The third-order valence-corrected chi connectivity index (χ3v) is 4.68. The zero-order valence-electron chi connectivity index (χ0n) is 11.2. The summed E-state index contributed by atoms with van der Waals surface area (Å²) in [6, 6.07) is 0.810. The molecule has 0 bridgehead atoms. The van der Waals surface area contributed by atoms with E-state index in [0.29, 0.717) is 10.6 Å². The van der Waals surface area contributed by atoms with Gasteiger partial charge in [0.15, 0.2) is 0 Å². The Morgan fingerprint density at radius 1 is 1.48 bits per heavy atom. The minimum Gasteiger partial charge on any atom is -0.480 e. The molecule has 0 radical (unpaired) electrons. The largest absolute Gasteiger partial charge is 0.480 e. The monoisotopic (exact) mass is 326 g/mol. The third kappa shape index (κ3) is 3.66. The van der Waals surface area contributed by atoms with Crippen molar-refractivity contribution < 1.29 is 19.8 Å². The van der Waals surface area contributed by atoms with Crippen molar-refractivity contribution in [2.75, 3.05) is 6.61 Å². The van der Waals surface area contributed by atoms with Gasteiger partial charge in [0.1, 0.15) is 15.9 Å². The summed E-state index contributed by atoms with van der Waals surface area (Å²) in [5.74, 6) is -1.65. The molecule has 0 saturated carbocycles. The number of carboxylic acids is 1. The molecule has 0 aliphatic heterocycles. The molecular formula is C13H14N2O4S2. The van der Waals surface area contributed by atoms with E-state index in [1.807, 2.05) is 16.8 Å². The van der Waals surface area contributed by atoms with Crippen molar-refractivity contribution >= 4 is 34.6 Å². The number of nitrogens with one attached hydrogen (secondary N) is 1. The normalized spacial score (nSPS) is 12.1. The number of nitrogens with zero attached hydrogens (tertiary/aromatic N) is 1. The number of aliphatic hydroxyl groups excluding tert-OH is 1. The molecule has 112 valence electrons. The molecule has 0 aromatic carbocycles. The molecule has 0 fully saturated rings. The van der Waals surface area contributed by atoms with Crippen LogP contribution in [-0.4, -0.2) is 39.7 Å². The number of aryl methyl sites for hydroxylation is 1. The fourth-order valence-electron chi connectivity index (χ4n) is 1.73. The Morgan fingerprint density at radius 2 is 2.24 bits per heavy atom. The topological polar surface area (TPSA) is 99.5 Å². The van der Waals surface area contributed by atoms with Gasteiger partial charge in [-0.2, -0.15) is 11.3 Å². The first-order valence-electron chi connectivity index (χ1n) is 6.17. The van der Waals surface area contributed by atoms with E-state index in [1.165, 1.54) is 22.7 Å². The third-order valence-electron chi connectivity index (χ3n) is 2.79. The minimum absolute atomic E-state index is 0.0314. The van der Waals surface area contributed by atoms with Crippen LogP contribution in [0.15, 0.2) is 16.8 Å². The summed E-state index contributed by atoms with van der Waals surface area (Å²) in [4.78, 5) is 27.9. The predicted molar refractivity (Wildman–Crippen MR) is 80.8 cm³/mol. The van der Waals surface area contributed by atoms with Gasteiger partial charge in [0.25, 0.3) is 5.91 Å². The van der Waals surface area contributed by atoms with Gasteiger partial charge in [0.05, 0.1) is 5.69 Å². The lowest BCUT2D eigenvalue weighted by Crippen LogP contribution is -2.41. The summed E-state index contributed by atoms with van der Waals surface area (Å²) in [6.45, 7) is 1.40. The smallest absolute Gasteiger partial charge is 0.326 e. The molecule has 6 nitrogen and oxygen atoms in total. The molecule has 2 aromatic heterocycles.